The monoisotopic (exact) mass is 1610 g/mol. The fourth-order valence-corrected chi connectivity index (χ4v) is 15.2. The number of carbonyl (C=O) groups excluding carboxylic acids is 2. The number of unbranched alkanes of at least 4 members (excludes halogenated alkanes) is 52. The van der Waals surface area contributed by atoms with E-state index in [0.29, 0.717) is 22.3 Å². The first-order valence-electron chi connectivity index (χ1n) is 46.7. The number of hydrogen-bond donors (Lipinski definition) is 4. The molecule has 4 aromatic rings. The van der Waals surface area contributed by atoms with Crippen molar-refractivity contribution in [2.45, 2.75) is 453 Å². The van der Waals surface area contributed by atoms with Gasteiger partial charge < -0.3 is 40.2 Å². The number of rotatable bonds is 69. The van der Waals surface area contributed by atoms with Gasteiger partial charge in [-0.25, -0.2) is 0 Å². The van der Waals surface area contributed by atoms with Gasteiger partial charge in [0, 0.05) is 11.1 Å². The smallest absolute Gasteiger partial charge is 0.545 e. The normalized spacial score (nSPS) is 11.7. The molecule has 113 heavy (non-hydrogen) atoms. The summed E-state index contributed by atoms with van der Waals surface area (Å²) in [5.74, 6) is -5.14. The Morgan fingerprint density at radius 1 is 0.310 bits per heavy atom. The van der Waals surface area contributed by atoms with Gasteiger partial charge in [-0.05, 0) is 175 Å². The molecule has 0 aliphatic heterocycles. The van der Waals surface area contributed by atoms with Crippen molar-refractivity contribution >= 4 is 34.7 Å². The molecular weight excluding hydrogens is 1440 g/mol. The van der Waals surface area contributed by atoms with E-state index in [1.165, 1.54) is 388 Å². The molecule has 0 bridgehead atoms. The molecule has 642 valence electrons. The predicted octanol–water partition coefficient (Wildman–Crippen LogP) is 30.4. The second-order valence-electron chi connectivity index (χ2n) is 32.8. The first-order chi connectivity index (χ1) is 54.6. The Labute approximate surface area is 703 Å². The van der Waals surface area contributed by atoms with Gasteiger partial charge in [0.1, 0.15) is 0 Å². The molecule has 0 aromatic heterocycles. The van der Waals surface area contributed by atoms with Crippen LogP contribution in [-0.4, -0.2) is 43.8 Å². The van der Waals surface area contributed by atoms with Crippen LogP contribution in [0.2, 0.25) is 0 Å². The van der Waals surface area contributed by atoms with Crippen LogP contribution in [0.4, 0.5) is 11.4 Å². The second-order valence-corrected chi connectivity index (χ2v) is 32.8. The van der Waals surface area contributed by atoms with Gasteiger partial charge in [-0.2, -0.15) is 0 Å². The van der Waals surface area contributed by atoms with Crippen LogP contribution in [0.3, 0.4) is 0 Å². The number of aryl methyl sites for hydroxylation is 4. The van der Waals surface area contributed by atoms with E-state index in [-0.39, 0.29) is 27.6 Å². The fraction of sp³-hybridized carbons (Fsp3) is 0.686. The number of aromatic carboxylic acids is 2. The number of phenolic OH excluding ortho intramolecular Hbond substituents is 2. The van der Waals surface area contributed by atoms with Crippen molar-refractivity contribution in [1.29, 1.82) is 0 Å². The van der Waals surface area contributed by atoms with Crippen molar-refractivity contribution in [3.8, 4) is 23.0 Å². The summed E-state index contributed by atoms with van der Waals surface area (Å²) in [5, 5.41) is 57.8. The summed E-state index contributed by atoms with van der Waals surface area (Å²) in [5.41, 5.74) is 8.81. The van der Waals surface area contributed by atoms with Crippen molar-refractivity contribution in [3.63, 3.8) is 0 Å². The second kappa shape index (κ2) is 73.9. The SMILES string of the molecule is CCCCCCCCCCCCCCCCCCCCCCCCCC=CCCCc1ccccc1N=C(CCCC)C(CCCCCC)=Nc1ccccc1CCCC=CCCCCCCCCCCCCCCCCCCCCCCCCC.Cc1cc(O)c(O)c(C(=O)[O-])c1C.Cc1cc(O)c(O)c(C(=O)[O-])c1C.[Ni+2]. The zero-order chi connectivity index (χ0) is 81.5. The summed E-state index contributed by atoms with van der Waals surface area (Å²) in [6, 6.07) is 20.6. The van der Waals surface area contributed by atoms with Gasteiger partial charge in [0.15, 0.2) is 23.0 Å². The standard InChI is InChI=1S/C84H148N2.2C9H10O4.Ni/c1-5-9-13-16-18-20-22-24-26-28-30-32-34-36-38-40-42-44-46-48-50-52-54-56-58-60-62-64-71-79-73-67-69-76-81(79)85-83(75-12-8-4)84(78-66-15-11-7-3)86-82-77-70-68-74-80(82)72-65-63-61-59-57-55-53-51-49-47-45-43-41-39-37-35-33-31-29-27-25-23-21-19-17-14-10-6-2;2*1-4-3-6(10)8(11)7(5(4)2)9(12)13;/h58-61,67-70,73-74,76-77H,5-57,62-66,71-72,75,78H2,1-4H3;2*3,10-11H,1-2H3,(H,12,13);/q;;;+2/p-2. The number of allylic oxidation sites excluding steroid dienone is 4. The predicted molar refractivity (Wildman–Crippen MR) is 480 cm³/mol. The van der Waals surface area contributed by atoms with E-state index in [4.69, 9.17) is 20.2 Å². The van der Waals surface area contributed by atoms with Crippen molar-refractivity contribution in [1.82, 2.24) is 0 Å². The van der Waals surface area contributed by atoms with E-state index in [9.17, 15) is 30.0 Å². The Morgan fingerprint density at radius 2 is 0.531 bits per heavy atom. The van der Waals surface area contributed by atoms with Crippen LogP contribution in [0.1, 0.15) is 467 Å². The average molecular weight is 1610 g/mol. The Kier molecular flexibility index (Phi) is 68.9. The third-order valence-corrected chi connectivity index (χ3v) is 22.8. The molecular formula is C102H166N2NiO8. The van der Waals surface area contributed by atoms with Crippen molar-refractivity contribution in [2.24, 2.45) is 9.98 Å². The van der Waals surface area contributed by atoms with Crippen LogP contribution in [0.5, 0.6) is 23.0 Å². The maximum absolute atomic E-state index is 10.6. The number of carboxylic acid groups (broad SMARTS) is 2. The van der Waals surface area contributed by atoms with E-state index < -0.39 is 34.9 Å². The van der Waals surface area contributed by atoms with Gasteiger partial charge in [-0.3, -0.25) is 9.98 Å². The Balaban J connectivity index is 0.00000197. The first kappa shape index (κ1) is 105. The molecule has 0 amide bonds. The number of carbonyl (C=O) groups is 2. The molecule has 0 heterocycles. The molecule has 4 aromatic carbocycles. The van der Waals surface area contributed by atoms with Gasteiger partial charge in [-0.15, -0.1) is 0 Å². The molecule has 0 atom stereocenters. The number of hydrogen-bond acceptors (Lipinski definition) is 10. The summed E-state index contributed by atoms with van der Waals surface area (Å²) in [7, 11) is 0. The molecule has 0 saturated heterocycles. The topological polar surface area (TPSA) is 186 Å². The number of carboxylic acids is 2. The van der Waals surface area contributed by atoms with E-state index in [2.05, 4.69) is 101 Å². The minimum absolute atomic E-state index is 0. The van der Waals surface area contributed by atoms with Gasteiger partial charge in [0.2, 0.25) is 0 Å². The van der Waals surface area contributed by atoms with E-state index in [1.807, 2.05) is 0 Å². The molecule has 4 rings (SSSR count). The zero-order valence-corrected chi connectivity index (χ0v) is 74.5. The maximum atomic E-state index is 10.6. The van der Waals surface area contributed by atoms with E-state index >= 15 is 0 Å². The summed E-state index contributed by atoms with van der Waals surface area (Å²) in [6.45, 7) is 15.6. The van der Waals surface area contributed by atoms with Crippen molar-refractivity contribution < 1.29 is 56.7 Å². The maximum Gasteiger partial charge on any atom is 2.00 e. The molecule has 0 spiro atoms. The van der Waals surface area contributed by atoms with Gasteiger partial charge in [-0.1, -0.05) is 397 Å². The molecule has 10 nitrogen and oxygen atoms in total. The van der Waals surface area contributed by atoms with Crippen LogP contribution in [0, 0.1) is 27.7 Å². The number of phenols is 4. The molecule has 0 aliphatic carbocycles. The average Bonchev–Trinajstić information content (AvgIpc) is 0.821. The van der Waals surface area contributed by atoms with Crippen LogP contribution in [-0.2, 0) is 29.3 Å². The van der Waals surface area contributed by atoms with E-state index in [0.717, 1.165) is 56.3 Å². The number of aromatic hydroxyl groups is 4. The fourth-order valence-electron chi connectivity index (χ4n) is 15.2. The Hall–Kier alpha value is -5.67. The summed E-state index contributed by atoms with van der Waals surface area (Å²) >= 11 is 0. The van der Waals surface area contributed by atoms with Gasteiger partial charge >= 0.3 is 16.5 Å². The summed E-state index contributed by atoms with van der Waals surface area (Å²) in [6.07, 6.45) is 95.1. The van der Waals surface area contributed by atoms with Gasteiger partial charge in [0.05, 0.1) is 34.7 Å². The number of aliphatic imine (C=N–C) groups is 2. The van der Waals surface area contributed by atoms with Crippen LogP contribution >= 0.6 is 0 Å². The summed E-state index contributed by atoms with van der Waals surface area (Å²) in [4.78, 5) is 32.3. The Morgan fingerprint density at radius 3 is 0.788 bits per heavy atom. The van der Waals surface area contributed by atoms with Crippen molar-refractivity contribution in [3.05, 3.63) is 129 Å². The molecule has 0 radical (unpaired) electrons. The largest absolute Gasteiger partial charge is 2.00 e. The third-order valence-electron chi connectivity index (χ3n) is 22.8. The van der Waals surface area contributed by atoms with Gasteiger partial charge in [0.25, 0.3) is 0 Å². The molecule has 0 aliphatic rings. The minimum atomic E-state index is -1.49. The van der Waals surface area contributed by atoms with Crippen molar-refractivity contribution in [2.75, 3.05) is 0 Å². The molecule has 0 fully saturated rings. The zero-order valence-electron chi connectivity index (χ0n) is 73.6. The number of benzene rings is 4. The molecule has 0 unspecified atom stereocenters. The van der Waals surface area contributed by atoms with Crippen LogP contribution in [0.25, 0.3) is 0 Å². The third kappa shape index (κ3) is 54.1. The van der Waals surface area contributed by atoms with Crippen LogP contribution in [0.15, 0.2) is 95.0 Å². The molecule has 0 saturated carbocycles. The number of nitrogens with zero attached hydrogens (tertiary/aromatic N) is 2. The first-order valence-corrected chi connectivity index (χ1v) is 46.7. The van der Waals surface area contributed by atoms with Crippen LogP contribution < -0.4 is 10.2 Å². The van der Waals surface area contributed by atoms with E-state index in [1.54, 1.807) is 27.7 Å². The quantitative estimate of drug-likeness (QED) is 0.0111. The summed E-state index contributed by atoms with van der Waals surface area (Å²) < 4.78 is 0. The molecule has 11 heteroatoms. The Bertz CT molecular complexity index is 2980. The number of para-hydroxylation sites is 2. The molecule has 4 N–H and O–H groups in total. The minimum Gasteiger partial charge on any atom is -0.545 e.